The van der Waals surface area contributed by atoms with Crippen molar-refractivity contribution in [2.75, 3.05) is 0 Å². The molecule has 5 heteroatoms. The number of aromatic nitrogens is 1. The Labute approximate surface area is 134 Å². The molecule has 1 aliphatic carbocycles. The minimum Gasteiger partial charge on any atom is -0.481 e. The van der Waals surface area contributed by atoms with Crippen molar-refractivity contribution in [2.24, 2.45) is 5.92 Å². The molecule has 120 valence electrons. The van der Waals surface area contributed by atoms with E-state index in [2.05, 4.69) is 10.3 Å². The number of nitrogens with zero attached hydrogens (tertiary/aromatic N) is 1. The first kappa shape index (κ1) is 15.5. The minimum atomic E-state index is -0.725. The summed E-state index contributed by atoms with van der Waals surface area (Å²) in [6.45, 7) is 0. The van der Waals surface area contributed by atoms with Gasteiger partial charge in [0.15, 0.2) is 0 Å². The highest BCUT2D eigenvalue weighted by atomic mass is 16.4. The Morgan fingerprint density at radius 3 is 2.65 bits per heavy atom. The van der Waals surface area contributed by atoms with Crippen molar-refractivity contribution >= 4 is 22.8 Å². The van der Waals surface area contributed by atoms with Crippen molar-refractivity contribution < 1.29 is 14.7 Å². The summed E-state index contributed by atoms with van der Waals surface area (Å²) in [6.07, 6.45) is 4.78. The Bertz CT molecular complexity index is 721. The number of carbonyl (C=O) groups is 2. The molecular formula is C18H20N2O3. The second-order valence-corrected chi connectivity index (χ2v) is 6.17. The molecule has 1 aromatic carbocycles. The molecule has 2 N–H and O–H groups in total. The standard InChI is InChI=1S/C18H20N2O3/c21-17(20-15-7-5-13(6-8-15)18(22)23)10-12-9-14-3-1-2-4-16(14)19-11-12/h1-4,9,11,13,15H,5-8,10H2,(H,20,21)(H,22,23). The van der Waals surface area contributed by atoms with Crippen LogP contribution in [0.25, 0.3) is 10.9 Å². The van der Waals surface area contributed by atoms with E-state index in [0.717, 1.165) is 29.3 Å². The molecule has 0 aliphatic heterocycles. The minimum absolute atomic E-state index is 0.0270. The number of hydrogen-bond donors (Lipinski definition) is 2. The van der Waals surface area contributed by atoms with Gasteiger partial charge < -0.3 is 10.4 Å². The normalized spacial score (nSPS) is 21.0. The SMILES string of the molecule is O=C(Cc1cnc2ccccc2c1)NC1CCC(C(=O)O)CC1. The maximum absolute atomic E-state index is 12.2. The maximum atomic E-state index is 12.2. The van der Waals surface area contributed by atoms with Gasteiger partial charge in [0.05, 0.1) is 17.9 Å². The summed E-state index contributed by atoms with van der Waals surface area (Å²) in [4.78, 5) is 27.5. The third-order valence-electron chi connectivity index (χ3n) is 4.45. The van der Waals surface area contributed by atoms with Crippen molar-refractivity contribution in [3.63, 3.8) is 0 Å². The van der Waals surface area contributed by atoms with Gasteiger partial charge in [-0.15, -0.1) is 0 Å². The number of amides is 1. The lowest BCUT2D eigenvalue weighted by Crippen LogP contribution is -2.39. The summed E-state index contributed by atoms with van der Waals surface area (Å²) < 4.78 is 0. The van der Waals surface area contributed by atoms with Crippen LogP contribution in [0.15, 0.2) is 36.5 Å². The van der Waals surface area contributed by atoms with Gasteiger partial charge in [0.2, 0.25) is 5.91 Å². The van der Waals surface area contributed by atoms with E-state index in [1.165, 1.54) is 0 Å². The molecular weight excluding hydrogens is 292 g/mol. The van der Waals surface area contributed by atoms with Gasteiger partial charge >= 0.3 is 5.97 Å². The zero-order chi connectivity index (χ0) is 16.2. The van der Waals surface area contributed by atoms with E-state index in [4.69, 9.17) is 5.11 Å². The number of rotatable bonds is 4. The van der Waals surface area contributed by atoms with Crippen molar-refractivity contribution in [1.82, 2.24) is 10.3 Å². The predicted molar refractivity (Wildman–Crippen MR) is 87.0 cm³/mol. The smallest absolute Gasteiger partial charge is 0.306 e. The largest absolute Gasteiger partial charge is 0.481 e. The number of carboxylic acids is 1. The molecule has 3 rings (SSSR count). The molecule has 1 aromatic heterocycles. The molecule has 1 fully saturated rings. The molecule has 0 radical (unpaired) electrons. The fourth-order valence-electron chi connectivity index (χ4n) is 3.16. The van der Waals surface area contributed by atoms with Crippen molar-refractivity contribution in [3.8, 4) is 0 Å². The number of aliphatic carboxylic acids is 1. The van der Waals surface area contributed by atoms with E-state index in [1.54, 1.807) is 6.20 Å². The molecule has 5 nitrogen and oxygen atoms in total. The Kier molecular flexibility index (Phi) is 4.55. The van der Waals surface area contributed by atoms with Gasteiger partial charge in [-0.25, -0.2) is 0 Å². The van der Waals surface area contributed by atoms with Crippen LogP contribution in [0, 0.1) is 5.92 Å². The topological polar surface area (TPSA) is 79.3 Å². The summed E-state index contributed by atoms with van der Waals surface area (Å²) in [6, 6.07) is 9.90. The summed E-state index contributed by atoms with van der Waals surface area (Å²) in [5.74, 6) is -1.01. The third kappa shape index (κ3) is 3.86. The highest BCUT2D eigenvalue weighted by molar-refractivity contribution is 5.82. The summed E-state index contributed by atoms with van der Waals surface area (Å²) >= 11 is 0. The van der Waals surface area contributed by atoms with Gasteiger partial charge in [0.1, 0.15) is 0 Å². The Balaban J connectivity index is 1.55. The number of para-hydroxylation sites is 1. The number of fused-ring (bicyclic) bond motifs is 1. The number of pyridine rings is 1. The van der Waals surface area contributed by atoms with Crippen LogP contribution in [0.5, 0.6) is 0 Å². The number of carboxylic acid groups (broad SMARTS) is 1. The average Bonchev–Trinajstić information content (AvgIpc) is 2.55. The van der Waals surface area contributed by atoms with Crippen LogP contribution in [-0.4, -0.2) is 28.0 Å². The molecule has 1 amide bonds. The van der Waals surface area contributed by atoms with E-state index in [9.17, 15) is 9.59 Å². The summed E-state index contributed by atoms with van der Waals surface area (Å²) in [7, 11) is 0. The van der Waals surface area contributed by atoms with Crippen LogP contribution in [-0.2, 0) is 16.0 Å². The molecule has 1 aliphatic rings. The maximum Gasteiger partial charge on any atom is 0.306 e. The van der Waals surface area contributed by atoms with E-state index in [0.29, 0.717) is 19.3 Å². The zero-order valence-corrected chi connectivity index (χ0v) is 12.9. The van der Waals surface area contributed by atoms with Crippen LogP contribution in [0.1, 0.15) is 31.2 Å². The molecule has 1 saturated carbocycles. The molecule has 0 spiro atoms. The van der Waals surface area contributed by atoms with Crippen LogP contribution in [0.3, 0.4) is 0 Å². The fourth-order valence-corrected chi connectivity index (χ4v) is 3.16. The van der Waals surface area contributed by atoms with Crippen LogP contribution >= 0.6 is 0 Å². The molecule has 2 aromatic rings. The van der Waals surface area contributed by atoms with Gasteiger partial charge in [-0.3, -0.25) is 14.6 Å². The first-order valence-corrected chi connectivity index (χ1v) is 7.97. The Morgan fingerprint density at radius 1 is 1.17 bits per heavy atom. The van der Waals surface area contributed by atoms with Crippen LogP contribution in [0.4, 0.5) is 0 Å². The first-order valence-electron chi connectivity index (χ1n) is 7.97. The third-order valence-corrected chi connectivity index (χ3v) is 4.45. The molecule has 23 heavy (non-hydrogen) atoms. The molecule has 1 heterocycles. The summed E-state index contributed by atoms with van der Waals surface area (Å²) in [5, 5.41) is 13.0. The van der Waals surface area contributed by atoms with E-state index >= 15 is 0 Å². The molecule has 0 atom stereocenters. The monoisotopic (exact) mass is 312 g/mol. The van der Waals surface area contributed by atoms with E-state index < -0.39 is 5.97 Å². The van der Waals surface area contributed by atoms with Gasteiger partial charge in [-0.1, -0.05) is 18.2 Å². The number of carbonyl (C=O) groups excluding carboxylic acids is 1. The van der Waals surface area contributed by atoms with Crippen molar-refractivity contribution in [3.05, 3.63) is 42.1 Å². The molecule has 0 bridgehead atoms. The fraction of sp³-hybridized carbons (Fsp3) is 0.389. The number of benzene rings is 1. The lowest BCUT2D eigenvalue weighted by molar-refractivity contribution is -0.142. The first-order chi connectivity index (χ1) is 11.1. The Morgan fingerprint density at radius 2 is 1.91 bits per heavy atom. The quantitative estimate of drug-likeness (QED) is 0.909. The summed E-state index contributed by atoms with van der Waals surface area (Å²) in [5.41, 5.74) is 1.81. The highest BCUT2D eigenvalue weighted by Gasteiger charge is 2.26. The lowest BCUT2D eigenvalue weighted by atomic mass is 9.86. The van der Waals surface area contributed by atoms with E-state index in [-0.39, 0.29) is 17.9 Å². The Hall–Kier alpha value is -2.43. The molecule has 0 unspecified atom stereocenters. The second kappa shape index (κ2) is 6.77. The second-order valence-electron chi connectivity index (χ2n) is 6.17. The number of nitrogens with one attached hydrogen (secondary N) is 1. The number of hydrogen-bond acceptors (Lipinski definition) is 3. The zero-order valence-electron chi connectivity index (χ0n) is 12.9. The average molecular weight is 312 g/mol. The van der Waals surface area contributed by atoms with Gasteiger partial charge in [-0.05, 0) is 43.4 Å². The van der Waals surface area contributed by atoms with Crippen LogP contribution < -0.4 is 5.32 Å². The van der Waals surface area contributed by atoms with Crippen LogP contribution in [0.2, 0.25) is 0 Å². The van der Waals surface area contributed by atoms with Gasteiger partial charge in [-0.2, -0.15) is 0 Å². The van der Waals surface area contributed by atoms with Crippen molar-refractivity contribution in [2.45, 2.75) is 38.1 Å². The lowest BCUT2D eigenvalue weighted by Gasteiger charge is -2.26. The predicted octanol–water partition coefficient (Wildman–Crippen LogP) is 2.54. The van der Waals surface area contributed by atoms with Gasteiger partial charge in [0, 0.05) is 17.6 Å². The van der Waals surface area contributed by atoms with Gasteiger partial charge in [0.25, 0.3) is 0 Å². The highest BCUT2D eigenvalue weighted by Crippen LogP contribution is 2.24. The van der Waals surface area contributed by atoms with Crippen molar-refractivity contribution in [1.29, 1.82) is 0 Å². The van der Waals surface area contributed by atoms with E-state index in [1.807, 2.05) is 30.3 Å². The molecule has 0 saturated heterocycles.